The van der Waals surface area contributed by atoms with Crippen molar-refractivity contribution in [2.75, 3.05) is 7.11 Å². The molecule has 0 aliphatic heterocycles. The van der Waals surface area contributed by atoms with E-state index < -0.39 is 8.07 Å². The van der Waals surface area contributed by atoms with E-state index in [1.54, 1.807) is 6.08 Å². The van der Waals surface area contributed by atoms with Gasteiger partial charge in [-0.2, -0.15) is 0 Å². The van der Waals surface area contributed by atoms with Crippen LogP contribution in [0.2, 0.25) is 25.7 Å². The van der Waals surface area contributed by atoms with E-state index in [0.717, 1.165) is 6.04 Å². The minimum atomic E-state index is -0.980. The Balaban J connectivity index is 3.76. The first kappa shape index (κ1) is 12.2. The van der Waals surface area contributed by atoms with E-state index in [0.29, 0.717) is 0 Å². The van der Waals surface area contributed by atoms with Crippen molar-refractivity contribution < 1.29 is 9.53 Å². The number of ether oxygens (including phenoxy) is 1. The Morgan fingerprint density at radius 1 is 1.31 bits per heavy atom. The molecule has 0 fully saturated rings. The maximum atomic E-state index is 10.6. The predicted molar refractivity (Wildman–Crippen MR) is 58.4 cm³/mol. The highest BCUT2D eigenvalue weighted by Gasteiger charge is 2.08. The highest BCUT2D eigenvalue weighted by Crippen LogP contribution is 2.08. The molecule has 13 heavy (non-hydrogen) atoms. The molecule has 0 radical (unpaired) electrons. The van der Waals surface area contributed by atoms with Crippen LogP contribution in [0.5, 0.6) is 0 Å². The Labute approximate surface area is 81.3 Å². The van der Waals surface area contributed by atoms with Gasteiger partial charge in [-0.15, -0.1) is 0 Å². The molecule has 0 aromatic heterocycles. The smallest absolute Gasteiger partial charge is 0.330 e. The molecule has 0 rings (SSSR count). The van der Waals surface area contributed by atoms with Crippen LogP contribution in [-0.2, 0) is 9.53 Å². The molecule has 0 heterocycles. The molecule has 0 saturated carbocycles. The molecule has 0 aliphatic rings. The molecule has 3 heteroatoms. The van der Waals surface area contributed by atoms with E-state index in [4.69, 9.17) is 0 Å². The highest BCUT2D eigenvalue weighted by atomic mass is 28.3. The third kappa shape index (κ3) is 9.08. The van der Waals surface area contributed by atoms with Gasteiger partial charge < -0.3 is 4.74 Å². The lowest BCUT2D eigenvalue weighted by Gasteiger charge is -2.10. The zero-order valence-electron chi connectivity index (χ0n) is 8.83. The van der Waals surface area contributed by atoms with E-state index in [-0.39, 0.29) is 5.97 Å². The zero-order chi connectivity index (χ0) is 10.3. The maximum Gasteiger partial charge on any atom is 0.330 e. The molecule has 0 bridgehead atoms. The maximum absolute atomic E-state index is 10.6. The first-order chi connectivity index (χ1) is 5.95. The molecular weight excluding hydrogens is 180 g/mol. The second-order valence-corrected chi connectivity index (χ2v) is 9.60. The van der Waals surface area contributed by atoms with Gasteiger partial charge in [0.05, 0.1) is 7.11 Å². The summed E-state index contributed by atoms with van der Waals surface area (Å²) < 4.78 is 4.45. The van der Waals surface area contributed by atoms with Gasteiger partial charge in [-0.3, -0.25) is 0 Å². The number of hydrogen-bond donors (Lipinski definition) is 0. The Hall–Kier alpha value is -0.833. The van der Waals surface area contributed by atoms with Crippen molar-refractivity contribution in [3.8, 4) is 0 Å². The SMILES string of the molecule is COC(=O)C=CC=CC[Si](C)(C)C. The van der Waals surface area contributed by atoms with Crippen molar-refractivity contribution in [2.45, 2.75) is 25.7 Å². The molecule has 0 unspecified atom stereocenters. The Morgan fingerprint density at radius 2 is 1.92 bits per heavy atom. The number of carbonyl (C=O) groups excluding carboxylic acids is 1. The van der Waals surface area contributed by atoms with Crippen molar-refractivity contribution in [2.24, 2.45) is 0 Å². The Morgan fingerprint density at radius 3 is 2.38 bits per heavy atom. The molecule has 0 N–H and O–H groups in total. The molecular formula is C10H18O2Si. The number of methoxy groups -OCH3 is 1. The van der Waals surface area contributed by atoms with Gasteiger partial charge in [0.2, 0.25) is 0 Å². The van der Waals surface area contributed by atoms with Crippen LogP contribution >= 0.6 is 0 Å². The molecule has 0 amide bonds. The lowest BCUT2D eigenvalue weighted by Crippen LogP contribution is -2.17. The fourth-order valence-electron chi connectivity index (χ4n) is 0.702. The Kier molecular flexibility index (Phi) is 5.38. The topological polar surface area (TPSA) is 26.3 Å². The van der Waals surface area contributed by atoms with Gasteiger partial charge in [-0.1, -0.05) is 37.9 Å². The van der Waals surface area contributed by atoms with Crippen LogP contribution in [0.15, 0.2) is 24.3 Å². The van der Waals surface area contributed by atoms with Crippen molar-refractivity contribution >= 4 is 14.0 Å². The fourth-order valence-corrected chi connectivity index (χ4v) is 1.55. The first-order valence-corrected chi connectivity index (χ1v) is 8.07. The second kappa shape index (κ2) is 5.75. The van der Waals surface area contributed by atoms with Crippen molar-refractivity contribution in [3.05, 3.63) is 24.3 Å². The minimum Gasteiger partial charge on any atom is -0.466 e. The average molecular weight is 198 g/mol. The summed E-state index contributed by atoms with van der Waals surface area (Å²) in [7, 11) is 0.394. The number of rotatable bonds is 4. The fraction of sp³-hybridized carbons (Fsp3) is 0.500. The minimum absolute atomic E-state index is 0.308. The Bertz CT molecular complexity index is 211. The van der Waals surface area contributed by atoms with Crippen molar-refractivity contribution in [3.63, 3.8) is 0 Å². The molecule has 0 aromatic rings. The normalized spacial score (nSPS) is 12.6. The quantitative estimate of drug-likeness (QED) is 0.300. The van der Waals surface area contributed by atoms with Gasteiger partial charge in [0.25, 0.3) is 0 Å². The van der Waals surface area contributed by atoms with Gasteiger partial charge in [0.1, 0.15) is 0 Å². The second-order valence-electron chi connectivity index (χ2n) is 4.08. The molecule has 0 atom stereocenters. The van der Waals surface area contributed by atoms with Gasteiger partial charge in [0.15, 0.2) is 0 Å². The molecule has 0 saturated heterocycles. The van der Waals surface area contributed by atoms with Gasteiger partial charge in [-0.05, 0) is 6.04 Å². The summed E-state index contributed by atoms with van der Waals surface area (Å²) in [6, 6.07) is 1.14. The third-order valence-electron chi connectivity index (χ3n) is 1.41. The molecule has 0 spiro atoms. The summed E-state index contributed by atoms with van der Waals surface area (Å²) in [5, 5.41) is 0. The van der Waals surface area contributed by atoms with Crippen molar-refractivity contribution in [1.29, 1.82) is 0 Å². The van der Waals surface area contributed by atoms with Crippen LogP contribution < -0.4 is 0 Å². The zero-order valence-corrected chi connectivity index (χ0v) is 9.83. The molecule has 2 nitrogen and oxygen atoms in total. The number of esters is 1. The summed E-state index contributed by atoms with van der Waals surface area (Å²) in [4.78, 5) is 10.6. The third-order valence-corrected chi connectivity index (χ3v) is 2.87. The van der Waals surface area contributed by atoms with E-state index in [2.05, 4.69) is 30.5 Å². The van der Waals surface area contributed by atoms with Gasteiger partial charge in [0, 0.05) is 14.1 Å². The van der Waals surface area contributed by atoms with Crippen LogP contribution in [0.25, 0.3) is 0 Å². The van der Waals surface area contributed by atoms with E-state index >= 15 is 0 Å². The summed E-state index contributed by atoms with van der Waals surface area (Å²) in [6.07, 6.45) is 7.13. The summed E-state index contributed by atoms with van der Waals surface area (Å²) in [5.41, 5.74) is 0. The summed E-state index contributed by atoms with van der Waals surface area (Å²) in [6.45, 7) is 6.92. The highest BCUT2D eigenvalue weighted by molar-refractivity contribution is 6.76. The summed E-state index contributed by atoms with van der Waals surface area (Å²) in [5.74, 6) is -0.308. The number of allylic oxidation sites excluding steroid dienone is 3. The van der Waals surface area contributed by atoms with Crippen LogP contribution in [0.4, 0.5) is 0 Å². The van der Waals surface area contributed by atoms with E-state index in [1.165, 1.54) is 13.2 Å². The van der Waals surface area contributed by atoms with Gasteiger partial charge in [-0.25, -0.2) is 4.79 Å². The largest absolute Gasteiger partial charge is 0.466 e. The van der Waals surface area contributed by atoms with Crippen LogP contribution in [0, 0.1) is 0 Å². The van der Waals surface area contributed by atoms with E-state index in [1.807, 2.05) is 6.08 Å². The monoisotopic (exact) mass is 198 g/mol. The first-order valence-electron chi connectivity index (χ1n) is 4.37. The molecule has 74 valence electrons. The van der Waals surface area contributed by atoms with Crippen LogP contribution in [0.1, 0.15) is 0 Å². The predicted octanol–water partition coefficient (Wildman–Crippen LogP) is 2.61. The molecule has 0 aromatic carbocycles. The van der Waals surface area contributed by atoms with E-state index in [9.17, 15) is 4.79 Å². The van der Waals surface area contributed by atoms with Crippen molar-refractivity contribution in [1.82, 2.24) is 0 Å². The van der Waals surface area contributed by atoms with Crippen LogP contribution in [0.3, 0.4) is 0 Å². The standard InChI is InChI=1S/C10H18O2Si/c1-12-10(11)8-6-5-7-9-13(2,3)4/h5-8H,9H2,1-4H3. The average Bonchev–Trinajstić information content (AvgIpc) is 2.01. The lowest BCUT2D eigenvalue weighted by molar-refractivity contribution is -0.134. The lowest BCUT2D eigenvalue weighted by atomic mass is 10.4. The molecule has 0 aliphatic carbocycles. The van der Waals surface area contributed by atoms with Gasteiger partial charge >= 0.3 is 5.97 Å². The van der Waals surface area contributed by atoms with Crippen LogP contribution in [-0.4, -0.2) is 21.2 Å². The summed E-state index contributed by atoms with van der Waals surface area (Å²) >= 11 is 0. The number of carbonyl (C=O) groups is 1. The number of hydrogen-bond acceptors (Lipinski definition) is 2.